The lowest BCUT2D eigenvalue weighted by Gasteiger charge is -2.40. The summed E-state index contributed by atoms with van der Waals surface area (Å²) in [5, 5.41) is 12.8. The average Bonchev–Trinajstić information content (AvgIpc) is 3.37. The van der Waals surface area contributed by atoms with Gasteiger partial charge in [0.1, 0.15) is 0 Å². The Morgan fingerprint density at radius 3 is 2.50 bits per heavy atom. The second kappa shape index (κ2) is 11.7. The number of nitrogens with one attached hydrogen (secondary N) is 1. The highest BCUT2D eigenvalue weighted by Gasteiger charge is 2.36. The van der Waals surface area contributed by atoms with E-state index in [1.165, 1.54) is 6.07 Å². The molecule has 0 atom stereocenters. The van der Waals surface area contributed by atoms with Gasteiger partial charge in [-0.3, -0.25) is 0 Å². The minimum Gasteiger partial charge on any atom is -0.478 e. The van der Waals surface area contributed by atoms with E-state index in [-0.39, 0.29) is 22.8 Å². The summed E-state index contributed by atoms with van der Waals surface area (Å²) in [7, 11) is 1.73. The first-order valence-corrected chi connectivity index (χ1v) is 13.3. The summed E-state index contributed by atoms with van der Waals surface area (Å²) in [5.74, 6) is -1.93. The molecule has 0 aliphatic heterocycles. The fraction of sp³-hybridized carbons (Fsp3) is 0.444. The van der Waals surface area contributed by atoms with Gasteiger partial charge in [-0.1, -0.05) is 38.1 Å². The number of benzene rings is 2. The molecule has 1 fully saturated rings. The standard InChI is InChI=1S/C27H31F3N4O3S/c1-16(2)15-34(18-9-11-19(37-3)12-10-18)23-13-8-17(20-6-4-5-7-21(20)24(35)36)14-22(23)31-26-32-25(33-38-26)27(28,29)30/h4-8,13-14,16,18-19H,9-12,15H2,1-3H3,(H,35,36)(H,31,32,33)/t18-,19+. The Morgan fingerprint density at radius 1 is 1.18 bits per heavy atom. The van der Waals surface area contributed by atoms with E-state index in [4.69, 9.17) is 4.74 Å². The average molecular weight is 549 g/mol. The number of carbonyl (C=O) groups is 1. The van der Waals surface area contributed by atoms with Crippen molar-refractivity contribution in [2.75, 3.05) is 23.9 Å². The van der Waals surface area contributed by atoms with Gasteiger partial charge in [-0.25, -0.2) is 4.79 Å². The highest BCUT2D eigenvalue weighted by molar-refractivity contribution is 7.09. The Hall–Kier alpha value is -3.18. The third-order valence-electron chi connectivity index (χ3n) is 6.68. The van der Waals surface area contributed by atoms with Gasteiger partial charge in [0.2, 0.25) is 11.0 Å². The number of alkyl halides is 3. The van der Waals surface area contributed by atoms with Crippen LogP contribution in [0, 0.1) is 5.92 Å². The Balaban J connectivity index is 1.79. The van der Waals surface area contributed by atoms with Gasteiger partial charge in [-0.15, -0.1) is 0 Å². The topological polar surface area (TPSA) is 87.6 Å². The number of anilines is 3. The maximum atomic E-state index is 13.2. The summed E-state index contributed by atoms with van der Waals surface area (Å²) in [6.07, 6.45) is -0.731. The zero-order valence-electron chi connectivity index (χ0n) is 21.5. The molecule has 0 spiro atoms. The van der Waals surface area contributed by atoms with Gasteiger partial charge in [0.15, 0.2) is 0 Å². The van der Waals surface area contributed by atoms with Gasteiger partial charge in [0.05, 0.1) is 23.0 Å². The number of carboxylic acids is 1. The van der Waals surface area contributed by atoms with Crippen molar-refractivity contribution < 1.29 is 27.8 Å². The highest BCUT2D eigenvalue weighted by atomic mass is 32.1. The first-order chi connectivity index (χ1) is 18.1. The molecule has 204 valence electrons. The van der Waals surface area contributed by atoms with Crippen LogP contribution in [0.4, 0.5) is 29.7 Å². The number of aromatic carboxylic acids is 1. The Morgan fingerprint density at radius 2 is 1.89 bits per heavy atom. The molecule has 4 rings (SSSR count). The van der Waals surface area contributed by atoms with Crippen LogP contribution in [-0.4, -0.2) is 46.2 Å². The van der Waals surface area contributed by atoms with E-state index in [9.17, 15) is 23.1 Å². The molecule has 0 unspecified atom stereocenters. The van der Waals surface area contributed by atoms with Crippen LogP contribution in [0.5, 0.6) is 0 Å². The Bertz CT molecular complexity index is 1260. The summed E-state index contributed by atoms with van der Waals surface area (Å²) >= 11 is 0.633. The lowest BCUT2D eigenvalue weighted by atomic mass is 9.90. The molecule has 1 saturated carbocycles. The van der Waals surface area contributed by atoms with Gasteiger partial charge in [-0.05, 0) is 60.9 Å². The number of hydrogen-bond donors (Lipinski definition) is 2. The van der Waals surface area contributed by atoms with Crippen molar-refractivity contribution in [1.82, 2.24) is 9.36 Å². The van der Waals surface area contributed by atoms with Crippen LogP contribution in [-0.2, 0) is 10.9 Å². The molecule has 7 nitrogen and oxygen atoms in total. The van der Waals surface area contributed by atoms with Crippen molar-refractivity contribution in [1.29, 1.82) is 0 Å². The maximum Gasteiger partial charge on any atom is 0.452 e. The molecule has 0 radical (unpaired) electrons. The number of aromatic nitrogens is 2. The van der Waals surface area contributed by atoms with Gasteiger partial charge >= 0.3 is 12.1 Å². The van der Waals surface area contributed by atoms with Crippen LogP contribution in [0.2, 0.25) is 0 Å². The number of halogens is 3. The lowest BCUT2D eigenvalue weighted by Crippen LogP contribution is -2.41. The molecule has 0 saturated heterocycles. The molecule has 1 aliphatic rings. The molecule has 0 amide bonds. The molecule has 2 aromatic carbocycles. The smallest absolute Gasteiger partial charge is 0.452 e. The molecule has 1 heterocycles. The summed E-state index contributed by atoms with van der Waals surface area (Å²) in [4.78, 5) is 17.8. The van der Waals surface area contributed by atoms with E-state index in [2.05, 4.69) is 33.4 Å². The molecular weight excluding hydrogens is 517 g/mol. The van der Waals surface area contributed by atoms with E-state index in [0.29, 0.717) is 34.3 Å². The van der Waals surface area contributed by atoms with Crippen molar-refractivity contribution in [3.8, 4) is 11.1 Å². The minimum absolute atomic E-state index is 0.00910. The van der Waals surface area contributed by atoms with Crippen LogP contribution >= 0.6 is 11.5 Å². The van der Waals surface area contributed by atoms with Gasteiger partial charge < -0.3 is 20.1 Å². The van der Waals surface area contributed by atoms with Crippen molar-refractivity contribution in [2.24, 2.45) is 5.92 Å². The quantitative estimate of drug-likeness (QED) is 0.295. The molecular formula is C27H31F3N4O3S. The summed E-state index contributed by atoms with van der Waals surface area (Å²) in [6.45, 7) is 4.99. The molecule has 0 bridgehead atoms. The van der Waals surface area contributed by atoms with Crippen molar-refractivity contribution in [3.63, 3.8) is 0 Å². The largest absolute Gasteiger partial charge is 0.478 e. The first-order valence-electron chi connectivity index (χ1n) is 12.5. The molecule has 1 aromatic heterocycles. The third-order valence-corrected chi connectivity index (χ3v) is 7.31. The van der Waals surface area contributed by atoms with E-state index >= 15 is 0 Å². The van der Waals surface area contributed by atoms with E-state index < -0.39 is 18.0 Å². The summed E-state index contributed by atoms with van der Waals surface area (Å²) < 4.78 is 48.6. The number of hydrogen-bond acceptors (Lipinski definition) is 7. The molecule has 1 aliphatic carbocycles. The summed E-state index contributed by atoms with van der Waals surface area (Å²) in [6, 6.07) is 12.4. The minimum atomic E-state index is -4.65. The molecule has 38 heavy (non-hydrogen) atoms. The summed E-state index contributed by atoms with van der Waals surface area (Å²) in [5.41, 5.74) is 2.64. The SMILES string of the molecule is CO[C@H]1CC[C@@H](N(CC(C)C)c2ccc(-c3ccccc3C(=O)O)cc2Nc2nc(C(F)(F)F)ns2)CC1. The maximum absolute atomic E-state index is 13.2. The monoisotopic (exact) mass is 548 g/mol. The van der Waals surface area contributed by atoms with Gasteiger partial charge in [0, 0.05) is 31.2 Å². The fourth-order valence-electron chi connectivity index (χ4n) is 4.91. The predicted molar refractivity (Wildman–Crippen MR) is 142 cm³/mol. The number of methoxy groups -OCH3 is 1. The molecule has 3 aromatic rings. The van der Waals surface area contributed by atoms with Crippen LogP contribution in [0.25, 0.3) is 11.1 Å². The Labute approximate surface area is 223 Å². The fourth-order valence-corrected chi connectivity index (χ4v) is 5.51. The van der Waals surface area contributed by atoms with Crippen LogP contribution in [0.1, 0.15) is 55.7 Å². The number of nitrogens with zero attached hydrogens (tertiary/aromatic N) is 3. The second-order valence-corrected chi connectivity index (χ2v) is 10.6. The van der Waals surface area contributed by atoms with E-state index in [0.717, 1.165) is 37.9 Å². The molecule has 11 heteroatoms. The van der Waals surface area contributed by atoms with Crippen molar-refractivity contribution in [2.45, 2.75) is 57.9 Å². The van der Waals surface area contributed by atoms with Crippen LogP contribution < -0.4 is 10.2 Å². The number of rotatable bonds is 9. The first kappa shape index (κ1) is 27.8. The lowest BCUT2D eigenvalue weighted by molar-refractivity contribution is -0.144. The Kier molecular flexibility index (Phi) is 8.57. The van der Waals surface area contributed by atoms with Crippen LogP contribution in [0.15, 0.2) is 42.5 Å². The van der Waals surface area contributed by atoms with E-state index in [1.807, 2.05) is 12.1 Å². The zero-order chi connectivity index (χ0) is 27.4. The van der Waals surface area contributed by atoms with E-state index in [1.54, 1.807) is 31.4 Å². The predicted octanol–water partition coefficient (Wildman–Crippen LogP) is 7.09. The zero-order valence-corrected chi connectivity index (χ0v) is 22.3. The third kappa shape index (κ3) is 6.44. The van der Waals surface area contributed by atoms with Gasteiger partial charge in [0.25, 0.3) is 0 Å². The van der Waals surface area contributed by atoms with Crippen molar-refractivity contribution in [3.05, 3.63) is 53.9 Å². The molecule has 2 N–H and O–H groups in total. The van der Waals surface area contributed by atoms with Crippen LogP contribution in [0.3, 0.4) is 0 Å². The highest BCUT2D eigenvalue weighted by Crippen LogP contribution is 2.39. The normalized spacial score (nSPS) is 18.0. The second-order valence-electron chi connectivity index (χ2n) is 9.84. The number of carboxylic acid groups (broad SMARTS) is 1. The van der Waals surface area contributed by atoms with Crippen molar-refractivity contribution >= 4 is 34.0 Å². The van der Waals surface area contributed by atoms with Gasteiger partial charge in [-0.2, -0.15) is 22.5 Å². The number of ether oxygens (including phenoxy) is 1.